The number of nitrogens with one attached hydrogen (secondary N) is 1. The van der Waals surface area contributed by atoms with Crippen LogP contribution in [0, 0.1) is 10.1 Å². The number of amides is 1. The van der Waals surface area contributed by atoms with Crippen LogP contribution in [-0.2, 0) is 0 Å². The van der Waals surface area contributed by atoms with Crippen LogP contribution in [0.2, 0.25) is 0 Å². The van der Waals surface area contributed by atoms with E-state index < -0.39 is 16.5 Å². The monoisotopic (exact) mass is 264 g/mol. The smallest absolute Gasteiger partial charge is 0.356 e. The lowest BCUT2D eigenvalue weighted by molar-refractivity contribution is -0.384. The van der Waals surface area contributed by atoms with Gasteiger partial charge in [0, 0.05) is 6.20 Å². The van der Waals surface area contributed by atoms with Crippen molar-refractivity contribution in [3.05, 3.63) is 34.4 Å². The molecule has 1 amide bonds. The number of hydrogen-bond donors (Lipinski definition) is 3. The number of anilines is 1. The van der Waals surface area contributed by atoms with Gasteiger partial charge in [-0.2, -0.15) is 5.10 Å². The molecular weight excluding hydrogens is 256 g/mol. The predicted molar refractivity (Wildman–Crippen MR) is 62.1 cm³/mol. The molecule has 2 rings (SSSR count). The molecule has 0 aliphatic carbocycles. The van der Waals surface area contributed by atoms with Crippen molar-refractivity contribution in [3.63, 3.8) is 0 Å². The number of nitrogen functional groups attached to an aromatic ring is 1. The molecule has 0 saturated carbocycles. The minimum atomic E-state index is -0.712. The van der Waals surface area contributed by atoms with Crippen molar-refractivity contribution in [3.8, 4) is 5.82 Å². The number of primary amides is 1. The van der Waals surface area contributed by atoms with E-state index in [-0.39, 0.29) is 17.2 Å². The molecule has 11 nitrogen and oxygen atoms in total. The lowest BCUT2D eigenvalue weighted by Gasteiger charge is -2.04. The lowest BCUT2D eigenvalue weighted by atomic mass is 10.3. The minimum absolute atomic E-state index is 0.0927. The first-order chi connectivity index (χ1) is 9.04. The zero-order valence-corrected chi connectivity index (χ0v) is 9.35. The molecule has 0 aromatic carbocycles. The second-order valence-electron chi connectivity index (χ2n) is 3.33. The zero-order valence-electron chi connectivity index (χ0n) is 9.35. The van der Waals surface area contributed by atoms with E-state index in [1.807, 2.05) is 0 Å². The van der Waals surface area contributed by atoms with Crippen LogP contribution in [0.1, 0.15) is 10.4 Å². The second-order valence-corrected chi connectivity index (χ2v) is 3.33. The first-order valence-corrected chi connectivity index (χ1v) is 4.85. The van der Waals surface area contributed by atoms with Crippen LogP contribution >= 0.6 is 0 Å². The van der Waals surface area contributed by atoms with Gasteiger partial charge in [-0.1, -0.05) is 0 Å². The Morgan fingerprint density at radius 3 is 2.74 bits per heavy atom. The van der Waals surface area contributed by atoms with Crippen LogP contribution < -0.4 is 17.0 Å². The van der Waals surface area contributed by atoms with Gasteiger partial charge in [0.05, 0.1) is 16.7 Å². The Balaban J connectivity index is 2.60. The summed E-state index contributed by atoms with van der Waals surface area (Å²) in [5, 5.41) is 14.8. The van der Waals surface area contributed by atoms with E-state index in [1.165, 1.54) is 12.4 Å². The van der Waals surface area contributed by atoms with Gasteiger partial charge < -0.3 is 11.2 Å². The molecule has 0 aliphatic rings. The molecule has 0 unspecified atom stereocenters. The molecule has 0 bridgehead atoms. The fourth-order valence-corrected chi connectivity index (χ4v) is 1.38. The summed E-state index contributed by atoms with van der Waals surface area (Å²) >= 11 is 0. The quantitative estimate of drug-likeness (QED) is 0.357. The maximum atomic E-state index is 11.0. The van der Waals surface area contributed by atoms with Gasteiger partial charge in [0.15, 0.2) is 0 Å². The number of rotatable bonds is 4. The standard InChI is InChI=1S/C8H8N8O3/c9-6(17)4-1-13-15(2-4)8-5(16(18)19)7(14-10)11-3-12-8/h1-3H,10H2,(H2,9,17)(H,11,12,14). The largest absolute Gasteiger partial charge is 0.366 e. The molecule has 0 fully saturated rings. The summed E-state index contributed by atoms with van der Waals surface area (Å²) in [6.07, 6.45) is 3.46. The van der Waals surface area contributed by atoms with Crippen LogP contribution in [0.25, 0.3) is 5.82 Å². The highest BCUT2D eigenvalue weighted by molar-refractivity contribution is 5.92. The average molecular weight is 264 g/mol. The fraction of sp³-hybridized carbons (Fsp3) is 0. The molecule has 0 radical (unpaired) electrons. The first kappa shape index (κ1) is 12.4. The van der Waals surface area contributed by atoms with Gasteiger partial charge in [-0.05, 0) is 0 Å². The van der Waals surface area contributed by atoms with Crippen molar-refractivity contribution < 1.29 is 9.72 Å². The van der Waals surface area contributed by atoms with Crippen LogP contribution in [-0.4, -0.2) is 30.6 Å². The average Bonchev–Trinajstić information content (AvgIpc) is 2.87. The van der Waals surface area contributed by atoms with Gasteiger partial charge in [-0.15, -0.1) is 0 Å². The van der Waals surface area contributed by atoms with E-state index in [9.17, 15) is 14.9 Å². The Labute approximate surface area is 105 Å². The number of hydrazine groups is 1. The highest BCUT2D eigenvalue weighted by atomic mass is 16.6. The highest BCUT2D eigenvalue weighted by Crippen LogP contribution is 2.26. The van der Waals surface area contributed by atoms with Gasteiger partial charge in [0.25, 0.3) is 5.91 Å². The molecule has 11 heteroatoms. The lowest BCUT2D eigenvalue weighted by Crippen LogP contribution is -2.14. The van der Waals surface area contributed by atoms with E-state index in [2.05, 4.69) is 20.5 Å². The van der Waals surface area contributed by atoms with Crippen molar-refractivity contribution in [2.45, 2.75) is 0 Å². The molecule has 0 saturated heterocycles. The molecule has 0 aliphatic heterocycles. The second kappa shape index (κ2) is 4.66. The Bertz CT molecular complexity index is 651. The molecular formula is C8H8N8O3. The molecule has 0 spiro atoms. The van der Waals surface area contributed by atoms with Crippen molar-refractivity contribution in [1.29, 1.82) is 0 Å². The zero-order chi connectivity index (χ0) is 14.0. The summed E-state index contributed by atoms with van der Waals surface area (Å²) in [6, 6.07) is 0. The molecule has 98 valence electrons. The van der Waals surface area contributed by atoms with Gasteiger partial charge in [-0.3, -0.25) is 14.9 Å². The number of nitrogens with zero attached hydrogens (tertiary/aromatic N) is 5. The summed E-state index contributed by atoms with van der Waals surface area (Å²) in [6.45, 7) is 0. The van der Waals surface area contributed by atoms with E-state index in [0.29, 0.717) is 0 Å². The van der Waals surface area contributed by atoms with Gasteiger partial charge in [0.1, 0.15) is 6.33 Å². The number of carbonyl (C=O) groups excluding carboxylic acids is 1. The maximum Gasteiger partial charge on any atom is 0.356 e. The molecule has 2 aromatic heterocycles. The van der Waals surface area contributed by atoms with Gasteiger partial charge >= 0.3 is 5.69 Å². The number of carbonyl (C=O) groups is 1. The molecule has 19 heavy (non-hydrogen) atoms. The minimum Gasteiger partial charge on any atom is -0.366 e. The van der Waals surface area contributed by atoms with E-state index >= 15 is 0 Å². The predicted octanol–water partition coefficient (Wildman–Crippen LogP) is -1.05. The third-order valence-electron chi connectivity index (χ3n) is 2.21. The topological polar surface area (TPSA) is 168 Å². The number of nitrogens with two attached hydrogens (primary N) is 2. The molecule has 2 aromatic rings. The van der Waals surface area contributed by atoms with Crippen LogP contribution in [0.15, 0.2) is 18.7 Å². The van der Waals surface area contributed by atoms with E-state index in [4.69, 9.17) is 11.6 Å². The van der Waals surface area contributed by atoms with E-state index in [0.717, 1.165) is 11.0 Å². The Kier molecular flexibility index (Phi) is 3.03. The third kappa shape index (κ3) is 2.16. The summed E-state index contributed by atoms with van der Waals surface area (Å²) in [5.41, 5.74) is 6.78. The Morgan fingerprint density at radius 2 is 2.21 bits per heavy atom. The summed E-state index contributed by atoms with van der Waals surface area (Å²) in [4.78, 5) is 28.6. The molecule has 0 atom stereocenters. The van der Waals surface area contributed by atoms with Crippen molar-refractivity contribution in [1.82, 2.24) is 19.7 Å². The third-order valence-corrected chi connectivity index (χ3v) is 2.21. The van der Waals surface area contributed by atoms with Gasteiger partial charge in [-0.25, -0.2) is 20.5 Å². The fourth-order valence-electron chi connectivity index (χ4n) is 1.38. The van der Waals surface area contributed by atoms with Crippen molar-refractivity contribution in [2.24, 2.45) is 11.6 Å². The number of aromatic nitrogens is 4. The summed E-state index contributed by atoms with van der Waals surface area (Å²) in [7, 11) is 0. The Hall–Kier alpha value is -3.08. The van der Waals surface area contributed by atoms with Crippen LogP contribution in [0.4, 0.5) is 11.5 Å². The van der Waals surface area contributed by atoms with Crippen molar-refractivity contribution >= 4 is 17.4 Å². The maximum absolute atomic E-state index is 11.0. The first-order valence-electron chi connectivity index (χ1n) is 4.85. The number of hydrogen-bond acceptors (Lipinski definition) is 8. The van der Waals surface area contributed by atoms with Crippen molar-refractivity contribution in [2.75, 3.05) is 5.43 Å². The summed E-state index contributed by atoms with van der Waals surface area (Å²) < 4.78 is 1.04. The van der Waals surface area contributed by atoms with Gasteiger partial charge in [0.2, 0.25) is 11.6 Å². The SMILES string of the molecule is NNc1ncnc(-n2cc(C(N)=O)cn2)c1[N+](=O)[O-]. The van der Waals surface area contributed by atoms with Crippen LogP contribution in [0.3, 0.4) is 0 Å². The normalized spacial score (nSPS) is 10.2. The van der Waals surface area contributed by atoms with Crippen LogP contribution in [0.5, 0.6) is 0 Å². The van der Waals surface area contributed by atoms with E-state index in [1.54, 1.807) is 0 Å². The summed E-state index contributed by atoms with van der Waals surface area (Å²) in [5.74, 6) is 4.12. The number of nitro groups is 1. The molecule has 5 N–H and O–H groups in total. The molecule has 2 heterocycles. The highest BCUT2D eigenvalue weighted by Gasteiger charge is 2.24. The Morgan fingerprint density at radius 1 is 1.47 bits per heavy atom.